The third-order valence-corrected chi connectivity index (χ3v) is 3.23. The minimum atomic E-state index is 0.868. The van der Waals surface area contributed by atoms with E-state index in [1.54, 1.807) is 0 Å². The molecular weight excluding hydrogens is 206 g/mol. The first-order valence-corrected chi connectivity index (χ1v) is 7.77. The maximum Gasteiger partial charge on any atom is -0.00773 e. The van der Waals surface area contributed by atoms with Crippen molar-refractivity contribution in [2.24, 2.45) is 5.73 Å². The van der Waals surface area contributed by atoms with Crippen LogP contribution in [-0.2, 0) is 0 Å². The SMILES string of the molecule is CC/C=C/CCCCCCCCCCCCN. The molecule has 0 saturated carbocycles. The van der Waals surface area contributed by atoms with Crippen LogP contribution in [0.1, 0.15) is 84.0 Å². The van der Waals surface area contributed by atoms with Gasteiger partial charge in [-0.2, -0.15) is 0 Å². The summed E-state index contributed by atoms with van der Waals surface area (Å²) in [6, 6.07) is 0. The molecule has 0 aromatic rings. The molecule has 102 valence electrons. The van der Waals surface area contributed by atoms with Gasteiger partial charge in [-0.1, -0.05) is 70.4 Å². The van der Waals surface area contributed by atoms with E-state index < -0.39 is 0 Å². The lowest BCUT2D eigenvalue weighted by molar-refractivity contribution is 0.554. The number of hydrogen-bond donors (Lipinski definition) is 1. The molecule has 2 N–H and O–H groups in total. The van der Waals surface area contributed by atoms with Crippen molar-refractivity contribution >= 4 is 0 Å². The van der Waals surface area contributed by atoms with Crippen LogP contribution in [-0.4, -0.2) is 6.54 Å². The molecule has 0 aliphatic carbocycles. The first-order chi connectivity index (χ1) is 8.41. The van der Waals surface area contributed by atoms with Crippen LogP contribution in [0.4, 0.5) is 0 Å². The lowest BCUT2D eigenvalue weighted by Gasteiger charge is -2.01. The minimum absolute atomic E-state index is 0.868. The van der Waals surface area contributed by atoms with Gasteiger partial charge in [-0.25, -0.2) is 0 Å². The average Bonchev–Trinajstić information content (AvgIpc) is 2.35. The van der Waals surface area contributed by atoms with Crippen LogP contribution < -0.4 is 5.73 Å². The van der Waals surface area contributed by atoms with Gasteiger partial charge in [0, 0.05) is 0 Å². The van der Waals surface area contributed by atoms with Crippen LogP contribution in [0.25, 0.3) is 0 Å². The zero-order valence-corrected chi connectivity index (χ0v) is 11.9. The van der Waals surface area contributed by atoms with E-state index in [0.29, 0.717) is 0 Å². The van der Waals surface area contributed by atoms with Gasteiger partial charge >= 0.3 is 0 Å². The Morgan fingerprint density at radius 2 is 1.12 bits per heavy atom. The lowest BCUT2D eigenvalue weighted by Crippen LogP contribution is -1.97. The Balaban J connectivity index is 2.91. The molecule has 0 spiro atoms. The Kier molecular flexibility index (Phi) is 15.4. The highest BCUT2D eigenvalue weighted by atomic mass is 14.5. The van der Waals surface area contributed by atoms with Crippen molar-refractivity contribution in [1.29, 1.82) is 0 Å². The summed E-state index contributed by atoms with van der Waals surface area (Å²) in [6.45, 7) is 3.07. The highest BCUT2D eigenvalue weighted by Gasteiger charge is 1.92. The summed E-state index contributed by atoms with van der Waals surface area (Å²) < 4.78 is 0. The first kappa shape index (κ1) is 16.7. The number of allylic oxidation sites excluding steroid dienone is 2. The van der Waals surface area contributed by atoms with E-state index in [4.69, 9.17) is 5.73 Å². The maximum atomic E-state index is 5.46. The zero-order chi connectivity index (χ0) is 12.6. The molecule has 0 radical (unpaired) electrons. The predicted octanol–water partition coefficient (Wildman–Crippen LogP) is 5.20. The molecule has 0 atom stereocenters. The van der Waals surface area contributed by atoms with Gasteiger partial charge in [0.2, 0.25) is 0 Å². The van der Waals surface area contributed by atoms with Crippen molar-refractivity contribution in [2.75, 3.05) is 6.54 Å². The second kappa shape index (κ2) is 15.7. The summed E-state index contributed by atoms with van der Waals surface area (Å²) in [5.74, 6) is 0. The first-order valence-electron chi connectivity index (χ1n) is 7.77. The number of unbranched alkanes of at least 4 members (excludes halogenated alkanes) is 10. The highest BCUT2D eigenvalue weighted by Crippen LogP contribution is 2.11. The van der Waals surface area contributed by atoms with Crippen LogP contribution in [0.3, 0.4) is 0 Å². The predicted molar refractivity (Wildman–Crippen MR) is 79.3 cm³/mol. The van der Waals surface area contributed by atoms with Crippen molar-refractivity contribution in [3.05, 3.63) is 12.2 Å². The van der Waals surface area contributed by atoms with Crippen LogP contribution in [0.2, 0.25) is 0 Å². The molecule has 0 amide bonds. The molecule has 0 aliphatic rings. The van der Waals surface area contributed by atoms with Crippen molar-refractivity contribution in [3.63, 3.8) is 0 Å². The summed E-state index contributed by atoms with van der Waals surface area (Å²) in [6.07, 6.45) is 21.0. The second-order valence-corrected chi connectivity index (χ2v) is 4.99. The topological polar surface area (TPSA) is 26.0 Å². The van der Waals surface area contributed by atoms with Gasteiger partial charge in [0.25, 0.3) is 0 Å². The van der Waals surface area contributed by atoms with E-state index in [1.165, 1.54) is 77.0 Å². The highest BCUT2D eigenvalue weighted by molar-refractivity contribution is 4.79. The van der Waals surface area contributed by atoms with Crippen LogP contribution in [0.15, 0.2) is 12.2 Å². The van der Waals surface area contributed by atoms with Gasteiger partial charge in [0.15, 0.2) is 0 Å². The van der Waals surface area contributed by atoms with Gasteiger partial charge in [-0.15, -0.1) is 0 Å². The molecule has 0 unspecified atom stereocenters. The van der Waals surface area contributed by atoms with Gasteiger partial charge in [-0.3, -0.25) is 0 Å². The van der Waals surface area contributed by atoms with E-state index in [0.717, 1.165) is 6.54 Å². The summed E-state index contributed by atoms with van der Waals surface area (Å²) in [5, 5.41) is 0. The monoisotopic (exact) mass is 239 g/mol. The molecule has 0 aromatic carbocycles. The summed E-state index contributed by atoms with van der Waals surface area (Å²) in [5.41, 5.74) is 5.46. The minimum Gasteiger partial charge on any atom is -0.330 e. The zero-order valence-electron chi connectivity index (χ0n) is 11.9. The Morgan fingerprint density at radius 3 is 1.59 bits per heavy atom. The summed E-state index contributed by atoms with van der Waals surface area (Å²) in [7, 11) is 0. The van der Waals surface area contributed by atoms with Crippen molar-refractivity contribution in [3.8, 4) is 0 Å². The van der Waals surface area contributed by atoms with Gasteiger partial charge < -0.3 is 5.73 Å². The molecule has 0 heterocycles. The van der Waals surface area contributed by atoms with Gasteiger partial charge in [-0.05, 0) is 32.2 Å². The fourth-order valence-electron chi connectivity index (χ4n) is 2.11. The maximum absolute atomic E-state index is 5.46. The fraction of sp³-hybridized carbons (Fsp3) is 0.875. The Labute approximate surface area is 109 Å². The second-order valence-electron chi connectivity index (χ2n) is 4.99. The average molecular weight is 239 g/mol. The Morgan fingerprint density at radius 1 is 0.647 bits per heavy atom. The number of hydrogen-bond acceptors (Lipinski definition) is 1. The lowest BCUT2D eigenvalue weighted by atomic mass is 10.1. The molecule has 0 saturated heterocycles. The van der Waals surface area contributed by atoms with E-state index in [-0.39, 0.29) is 0 Å². The normalized spacial score (nSPS) is 11.4. The molecule has 17 heavy (non-hydrogen) atoms. The molecule has 0 aliphatic heterocycles. The smallest absolute Gasteiger partial charge is 0.00773 e. The summed E-state index contributed by atoms with van der Waals surface area (Å²) >= 11 is 0. The third kappa shape index (κ3) is 15.7. The van der Waals surface area contributed by atoms with Crippen molar-refractivity contribution < 1.29 is 0 Å². The van der Waals surface area contributed by atoms with E-state index in [9.17, 15) is 0 Å². The number of nitrogens with two attached hydrogens (primary N) is 1. The Bertz CT molecular complexity index is 152. The van der Waals surface area contributed by atoms with Crippen LogP contribution in [0.5, 0.6) is 0 Å². The van der Waals surface area contributed by atoms with Gasteiger partial charge in [0.05, 0.1) is 0 Å². The van der Waals surface area contributed by atoms with Crippen molar-refractivity contribution in [2.45, 2.75) is 84.0 Å². The third-order valence-electron chi connectivity index (χ3n) is 3.23. The van der Waals surface area contributed by atoms with Crippen LogP contribution >= 0.6 is 0 Å². The molecule has 0 bridgehead atoms. The van der Waals surface area contributed by atoms with E-state index in [1.807, 2.05) is 0 Å². The number of rotatable bonds is 13. The van der Waals surface area contributed by atoms with E-state index >= 15 is 0 Å². The largest absolute Gasteiger partial charge is 0.330 e. The van der Waals surface area contributed by atoms with Crippen molar-refractivity contribution in [1.82, 2.24) is 0 Å². The molecule has 1 heteroatoms. The molecule has 0 aromatic heterocycles. The summed E-state index contributed by atoms with van der Waals surface area (Å²) in [4.78, 5) is 0. The Hall–Kier alpha value is -0.300. The standard InChI is InChI=1S/C16H33N/c1-2-3-4-5-6-7-8-9-10-11-12-13-14-15-16-17/h3-4H,2,5-17H2,1H3/b4-3+. The van der Waals surface area contributed by atoms with Crippen LogP contribution in [0, 0.1) is 0 Å². The quantitative estimate of drug-likeness (QED) is 0.347. The van der Waals surface area contributed by atoms with E-state index in [2.05, 4.69) is 19.1 Å². The molecule has 0 rings (SSSR count). The van der Waals surface area contributed by atoms with Gasteiger partial charge in [0.1, 0.15) is 0 Å². The fourth-order valence-corrected chi connectivity index (χ4v) is 2.11. The molecule has 0 fully saturated rings. The molecule has 1 nitrogen and oxygen atoms in total. The molecular formula is C16H33N.